The number of thiophene rings is 1. The molecule has 7 aromatic heterocycles. The first-order valence-corrected chi connectivity index (χ1v) is 31.6. The van der Waals surface area contributed by atoms with Gasteiger partial charge in [0.15, 0.2) is 23.8 Å². The summed E-state index contributed by atoms with van der Waals surface area (Å²) in [5.74, 6) is 0.372. The van der Waals surface area contributed by atoms with Gasteiger partial charge >= 0.3 is 24.7 Å². The minimum Gasteiger partial charge on any atom is -0.438 e. The number of hydrogen-bond acceptors (Lipinski definition) is 11. The minimum absolute atomic E-state index is 0.0429. The molecule has 4 N–H and O–H groups in total. The summed E-state index contributed by atoms with van der Waals surface area (Å²) in [7, 11) is 0. The fraction of sp³-hybridized carbons (Fsp3) is 0.118. The first kappa shape index (κ1) is 69.7. The van der Waals surface area contributed by atoms with Gasteiger partial charge in [-0.05, 0) is 139 Å². The average Bonchev–Trinajstić information content (AvgIpc) is 1.99. The second kappa shape index (κ2) is 29.2. The number of alkyl halides is 12. The maximum atomic E-state index is 12.8. The number of pyridine rings is 1. The predicted molar refractivity (Wildman–Crippen MR) is 355 cm³/mol. The lowest BCUT2D eigenvalue weighted by molar-refractivity contribution is -0.141. The number of nitrogens with two attached hydrogens (primary N) is 1. The zero-order valence-electron chi connectivity index (χ0n) is 50.5. The van der Waals surface area contributed by atoms with E-state index in [2.05, 4.69) is 72.9 Å². The topological polar surface area (TPSA) is 194 Å². The Bertz CT molecular complexity index is 4990. The average molecular weight is 1510 g/mol. The van der Waals surface area contributed by atoms with Gasteiger partial charge in [-0.15, -0.1) is 0 Å². The quantitative estimate of drug-likeness (QED) is 0.0991. The number of amides is 2. The summed E-state index contributed by atoms with van der Waals surface area (Å²) in [6.07, 6.45) is -13.8. The molecule has 0 aliphatic carbocycles. The molecule has 14 rings (SSSR count). The molecule has 0 spiro atoms. The molecule has 14 aromatic rings. The maximum Gasteiger partial charge on any atom is 0.433 e. The number of nitrogens with zero attached hydrogens (tertiary/aromatic N) is 10. The fourth-order valence-electron chi connectivity index (χ4n) is 10.1. The number of nitrogen functional groups attached to an aromatic ring is 1. The summed E-state index contributed by atoms with van der Waals surface area (Å²) in [6.45, 7) is 1.25. The van der Waals surface area contributed by atoms with E-state index in [9.17, 15) is 62.3 Å². The van der Waals surface area contributed by atoms with Crippen molar-refractivity contribution in [2.75, 3.05) is 16.4 Å². The molecule has 0 aliphatic heterocycles. The summed E-state index contributed by atoms with van der Waals surface area (Å²) >= 11 is 8.14. The standard InChI is InChI=1S/C20H13BrF3N3OS.C19H13F3N4O2.C15H10BrF3N2.C14H11F3N4/c21-16-11-29-10-15(16)19(28)25-18-14-3-1-2-4-17(14)27(26-18)9-12-5-7-13(8-6-12)20(22,23)24;20-19(21,22)13-7-5-12(6-8-13)10-26-15-4-2-1-3-14(15)17(25-26)24-18(27)16-9-23-11-28-16;16-14-12-3-1-2-4-13(12)21(20-14)9-10-5-7-11(8-6-10)15(17,18)19;15-14(16,17)12-6-5-9(7-19-12)8-21-11-4-2-1-3-10(11)13(18)20-21/h1-8,10-11H,9H2,(H,25,26,28);1-9,11H,10H2,(H,24,25,27);1-8H,9H2;1-7H,8H2,(H2,18,20). The molecule has 0 fully saturated rings. The molecule has 0 aliphatic rings. The second-order valence-electron chi connectivity index (χ2n) is 21.6. The number of para-hydroxylation sites is 4. The Labute approximate surface area is 572 Å². The monoisotopic (exact) mass is 1510 g/mol. The van der Waals surface area contributed by atoms with Crippen LogP contribution < -0.4 is 16.4 Å². The molecular formula is C68H47Br2F12N13O3S. The number of halogens is 14. The third-order valence-corrected chi connectivity index (χ3v) is 17.2. The second-order valence-corrected chi connectivity index (χ2v) is 24.0. The first-order valence-electron chi connectivity index (χ1n) is 29.1. The van der Waals surface area contributed by atoms with Crippen molar-refractivity contribution in [3.05, 3.63) is 277 Å². The van der Waals surface area contributed by atoms with E-state index >= 15 is 0 Å². The molecule has 0 saturated carbocycles. The molecular weight excluding hydrogens is 1470 g/mol. The van der Waals surface area contributed by atoms with E-state index in [0.717, 1.165) is 97.3 Å². The van der Waals surface area contributed by atoms with Crippen molar-refractivity contribution >= 4 is 116 Å². The highest BCUT2D eigenvalue weighted by Crippen LogP contribution is 2.35. The van der Waals surface area contributed by atoms with Crippen molar-refractivity contribution in [1.82, 2.24) is 49.1 Å². The summed E-state index contributed by atoms with van der Waals surface area (Å²) in [4.78, 5) is 31.9. The number of rotatable bonds is 12. The third kappa shape index (κ3) is 16.8. The zero-order valence-corrected chi connectivity index (χ0v) is 54.5. The molecule has 0 saturated heterocycles. The largest absolute Gasteiger partial charge is 0.438 e. The molecule has 0 atom stereocenters. The van der Waals surface area contributed by atoms with Crippen LogP contribution in [0.15, 0.2) is 225 Å². The Hall–Kier alpha value is -10.7. The summed E-state index contributed by atoms with van der Waals surface area (Å²) in [5, 5.41) is 29.7. The Kier molecular flexibility index (Phi) is 20.5. The van der Waals surface area contributed by atoms with Crippen LogP contribution in [-0.2, 0) is 50.9 Å². The highest BCUT2D eigenvalue weighted by atomic mass is 79.9. The van der Waals surface area contributed by atoms with Crippen molar-refractivity contribution in [1.29, 1.82) is 0 Å². The maximum absolute atomic E-state index is 12.8. The molecule has 0 radical (unpaired) electrons. The van der Waals surface area contributed by atoms with Gasteiger partial charge in [-0.3, -0.25) is 33.3 Å². The Morgan fingerprint density at radius 3 is 1.25 bits per heavy atom. The van der Waals surface area contributed by atoms with E-state index in [0.29, 0.717) is 62.7 Å². The molecule has 0 unspecified atom stereocenters. The number of hydrogen-bond donors (Lipinski definition) is 3. The number of aromatic nitrogens is 10. The Balaban J connectivity index is 0.000000135. The van der Waals surface area contributed by atoms with Gasteiger partial charge in [0.25, 0.3) is 11.8 Å². The van der Waals surface area contributed by atoms with E-state index in [1.54, 1.807) is 36.2 Å². The van der Waals surface area contributed by atoms with Crippen molar-refractivity contribution in [2.24, 2.45) is 0 Å². The van der Waals surface area contributed by atoms with Gasteiger partial charge in [-0.2, -0.15) is 84.4 Å². The van der Waals surface area contributed by atoms with Crippen LogP contribution in [0.1, 0.15) is 65.6 Å². The lowest BCUT2D eigenvalue weighted by atomic mass is 10.1. The van der Waals surface area contributed by atoms with E-state index in [4.69, 9.17) is 10.2 Å². The van der Waals surface area contributed by atoms with Crippen LogP contribution in [0.25, 0.3) is 43.6 Å². The van der Waals surface area contributed by atoms with Gasteiger partial charge in [0, 0.05) is 43.0 Å². The van der Waals surface area contributed by atoms with E-state index in [-0.39, 0.29) is 24.8 Å². The number of carbonyl (C=O) groups is 2. The fourth-order valence-corrected chi connectivity index (χ4v) is 12.0. The number of benzene rings is 7. The normalized spacial score (nSPS) is 11.8. The van der Waals surface area contributed by atoms with Crippen LogP contribution in [0, 0.1) is 0 Å². The van der Waals surface area contributed by atoms with Crippen molar-refractivity contribution in [2.45, 2.75) is 50.9 Å². The molecule has 99 heavy (non-hydrogen) atoms. The molecule has 31 heteroatoms. The van der Waals surface area contributed by atoms with Crippen LogP contribution in [0.3, 0.4) is 0 Å². The Morgan fingerprint density at radius 2 is 0.838 bits per heavy atom. The molecule has 2 amide bonds. The number of anilines is 3. The van der Waals surface area contributed by atoms with Crippen molar-refractivity contribution in [3.63, 3.8) is 0 Å². The predicted octanol–water partition coefficient (Wildman–Crippen LogP) is 18.5. The van der Waals surface area contributed by atoms with Crippen LogP contribution in [0.4, 0.5) is 70.1 Å². The summed E-state index contributed by atoms with van der Waals surface area (Å²) < 4.78 is 165. The van der Waals surface area contributed by atoms with Gasteiger partial charge in [0.2, 0.25) is 5.76 Å². The molecule has 506 valence electrons. The van der Waals surface area contributed by atoms with Gasteiger partial charge in [-0.25, -0.2) is 4.98 Å². The number of oxazole rings is 1. The highest BCUT2D eigenvalue weighted by molar-refractivity contribution is 9.11. The van der Waals surface area contributed by atoms with Crippen LogP contribution in [0.5, 0.6) is 0 Å². The summed E-state index contributed by atoms with van der Waals surface area (Å²) in [5.41, 5.74) is 9.35. The first-order chi connectivity index (χ1) is 47.1. The lowest BCUT2D eigenvalue weighted by Gasteiger charge is -2.08. The highest BCUT2D eigenvalue weighted by Gasteiger charge is 2.34. The Morgan fingerprint density at radius 1 is 0.444 bits per heavy atom. The van der Waals surface area contributed by atoms with E-state index < -0.39 is 53.0 Å². The van der Waals surface area contributed by atoms with Crippen LogP contribution in [-0.4, -0.2) is 60.9 Å². The molecule has 7 heterocycles. The van der Waals surface area contributed by atoms with Gasteiger partial charge < -0.3 is 20.8 Å². The molecule has 0 bridgehead atoms. The van der Waals surface area contributed by atoms with Gasteiger partial charge in [-0.1, -0.05) is 97.1 Å². The third-order valence-electron chi connectivity index (χ3n) is 14.9. The molecule has 16 nitrogen and oxygen atoms in total. The number of nitrogens with one attached hydrogen (secondary N) is 2. The van der Waals surface area contributed by atoms with Crippen molar-refractivity contribution < 1.29 is 66.7 Å². The number of fused-ring (bicyclic) bond motifs is 4. The lowest BCUT2D eigenvalue weighted by Crippen LogP contribution is -2.12. The van der Waals surface area contributed by atoms with Crippen LogP contribution >= 0.6 is 43.2 Å². The van der Waals surface area contributed by atoms with Crippen LogP contribution in [0.2, 0.25) is 0 Å². The van der Waals surface area contributed by atoms with Gasteiger partial charge in [0.1, 0.15) is 10.3 Å². The SMILES string of the molecule is FC(F)(F)c1ccc(Cn2nc(Br)c3ccccc32)cc1.Nc1nn(Cc2ccc(C(F)(F)F)nc2)c2ccccc12.O=C(Nc1nn(Cc2ccc(C(F)(F)F)cc2)c2ccccc12)c1cnco1.O=C(Nc1nn(Cc2ccc(C(F)(F)F)cc2)c2ccccc12)c1cscc1Br. The van der Waals surface area contributed by atoms with Gasteiger partial charge in [0.05, 0.1) is 76.7 Å². The molecule has 7 aromatic carbocycles. The zero-order chi connectivity index (χ0) is 70.4. The van der Waals surface area contributed by atoms with Crippen molar-refractivity contribution in [3.8, 4) is 0 Å². The summed E-state index contributed by atoms with van der Waals surface area (Å²) in [6, 6.07) is 47.0. The number of carbonyl (C=O) groups excluding carboxylic acids is 2. The van der Waals surface area contributed by atoms with E-state index in [1.165, 1.54) is 66.2 Å². The smallest absolute Gasteiger partial charge is 0.433 e. The van der Waals surface area contributed by atoms with E-state index in [1.807, 2.05) is 90.3 Å². The minimum atomic E-state index is -4.43.